The van der Waals surface area contributed by atoms with Crippen LogP contribution in [0, 0.1) is 20.8 Å². The fourth-order valence-electron chi connectivity index (χ4n) is 2.44. The Bertz CT molecular complexity index is 637. The maximum Gasteiger partial charge on any atom is 0.0738 e. The van der Waals surface area contributed by atoms with Gasteiger partial charge in [-0.3, -0.25) is 16.0 Å². The van der Waals surface area contributed by atoms with Crippen molar-refractivity contribution in [1.82, 2.24) is 25.4 Å². The lowest BCUT2D eigenvalue weighted by Gasteiger charge is -2.19. The van der Waals surface area contributed by atoms with E-state index >= 15 is 0 Å². The molecule has 0 bridgehead atoms. The molecule has 1 unspecified atom stereocenters. The van der Waals surface area contributed by atoms with Crippen LogP contribution in [0.5, 0.6) is 0 Å². The van der Waals surface area contributed by atoms with Crippen molar-refractivity contribution in [2.24, 2.45) is 5.84 Å². The summed E-state index contributed by atoms with van der Waals surface area (Å²) in [4.78, 5) is 0. The van der Waals surface area contributed by atoms with Crippen molar-refractivity contribution in [3.63, 3.8) is 0 Å². The van der Waals surface area contributed by atoms with E-state index < -0.39 is 0 Å². The topological polar surface area (TPSA) is 81.7 Å². The normalized spacial score (nSPS) is 12.7. The number of nitrogens with zero attached hydrogens (tertiary/aromatic N) is 4. The number of halogens is 1. The monoisotopic (exact) mass is 352 g/mol. The highest BCUT2D eigenvalue weighted by Crippen LogP contribution is 2.27. The van der Waals surface area contributed by atoms with Crippen LogP contribution >= 0.6 is 15.9 Å². The number of rotatable bonds is 5. The third-order valence-corrected chi connectivity index (χ3v) is 4.60. The Labute approximate surface area is 133 Å². The summed E-state index contributed by atoms with van der Waals surface area (Å²) in [6, 6.07) is 2.00. The van der Waals surface area contributed by atoms with Gasteiger partial charge in [0.25, 0.3) is 0 Å². The second kappa shape index (κ2) is 6.64. The zero-order chi connectivity index (χ0) is 15.6. The first-order valence-electron chi connectivity index (χ1n) is 6.96. The van der Waals surface area contributed by atoms with Gasteiger partial charge in [-0.1, -0.05) is 0 Å². The van der Waals surface area contributed by atoms with Crippen molar-refractivity contribution in [1.29, 1.82) is 0 Å². The lowest BCUT2D eigenvalue weighted by atomic mass is 10.0. The summed E-state index contributed by atoms with van der Waals surface area (Å²) in [5.41, 5.74) is 7.85. The Morgan fingerprint density at radius 3 is 2.62 bits per heavy atom. The minimum absolute atomic E-state index is 0.0306. The van der Waals surface area contributed by atoms with E-state index in [0.29, 0.717) is 0 Å². The number of aromatic nitrogens is 4. The largest absolute Gasteiger partial charge is 0.271 e. The average Bonchev–Trinajstić information content (AvgIpc) is 2.74. The molecule has 0 spiro atoms. The lowest BCUT2D eigenvalue weighted by molar-refractivity contribution is 0.511. The molecule has 0 aliphatic rings. The summed E-state index contributed by atoms with van der Waals surface area (Å²) < 4.78 is 3.04. The standard InChI is InChI=1S/C14H21BrN6/c1-5-21-13(14(15)10(4)20-21)7-12(17-16)11-6-8(2)18-19-9(11)3/h6,12,17H,5,7,16H2,1-4H3. The molecule has 0 fully saturated rings. The van der Waals surface area contributed by atoms with Gasteiger partial charge >= 0.3 is 0 Å². The molecule has 114 valence electrons. The number of nitrogens with two attached hydrogens (primary N) is 1. The van der Waals surface area contributed by atoms with Crippen molar-refractivity contribution in [3.8, 4) is 0 Å². The predicted molar refractivity (Wildman–Crippen MR) is 85.6 cm³/mol. The van der Waals surface area contributed by atoms with Gasteiger partial charge in [-0.15, -0.1) is 0 Å². The number of hydrogen-bond acceptors (Lipinski definition) is 5. The van der Waals surface area contributed by atoms with Gasteiger partial charge in [0.15, 0.2) is 0 Å². The Morgan fingerprint density at radius 2 is 2.00 bits per heavy atom. The number of nitrogens with one attached hydrogen (secondary N) is 1. The first-order chi connectivity index (χ1) is 9.97. The minimum Gasteiger partial charge on any atom is -0.271 e. The molecule has 21 heavy (non-hydrogen) atoms. The fourth-order valence-corrected chi connectivity index (χ4v) is 2.88. The Kier molecular flexibility index (Phi) is 5.08. The molecule has 0 aromatic carbocycles. The second-order valence-corrected chi connectivity index (χ2v) is 5.90. The van der Waals surface area contributed by atoms with Crippen molar-refractivity contribution >= 4 is 15.9 Å². The van der Waals surface area contributed by atoms with E-state index in [1.807, 2.05) is 31.5 Å². The highest BCUT2D eigenvalue weighted by molar-refractivity contribution is 9.10. The molecule has 2 heterocycles. The summed E-state index contributed by atoms with van der Waals surface area (Å²) in [6.07, 6.45) is 0.734. The van der Waals surface area contributed by atoms with Crippen LogP contribution in [0.2, 0.25) is 0 Å². The predicted octanol–water partition coefficient (Wildman–Crippen LogP) is 2.13. The van der Waals surface area contributed by atoms with Crippen molar-refractivity contribution < 1.29 is 0 Å². The molecule has 0 aliphatic heterocycles. The van der Waals surface area contributed by atoms with E-state index in [1.165, 1.54) is 0 Å². The van der Waals surface area contributed by atoms with E-state index in [2.05, 4.69) is 43.6 Å². The number of hydrazine groups is 1. The zero-order valence-corrected chi connectivity index (χ0v) is 14.4. The Morgan fingerprint density at radius 1 is 1.29 bits per heavy atom. The van der Waals surface area contributed by atoms with Gasteiger partial charge in [0, 0.05) is 13.0 Å². The molecule has 7 heteroatoms. The maximum absolute atomic E-state index is 5.78. The summed E-state index contributed by atoms with van der Waals surface area (Å²) in [5.74, 6) is 5.78. The van der Waals surface area contributed by atoms with Gasteiger partial charge in [-0.25, -0.2) is 0 Å². The fraction of sp³-hybridized carbons (Fsp3) is 0.500. The van der Waals surface area contributed by atoms with Gasteiger partial charge in [-0.05, 0) is 55.3 Å². The van der Waals surface area contributed by atoms with Gasteiger partial charge in [0.05, 0.1) is 33.3 Å². The number of hydrogen-bond donors (Lipinski definition) is 2. The zero-order valence-electron chi connectivity index (χ0n) is 12.8. The summed E-state index contributed by atoms with van der Waals surface area (Å²) in [5, 5.41) is 12.8. The van der Waals surface area contributed by atoms with Gasteiger partial charge in [-0.2, -0.15) is 15.3 Å². The number of aryl methyl sites for hydroxylation is 4. The highest BCUT2D eigenvalue weighted by atomic mass is 79.9. The summed E-state index contributed by atoms with van der Waals surface area (Å²) in [6.45, 7) is 8.78. The molecule has 2 aromatic rings. The molecular weight excluding hydrogens is 332 g/mol. The third kappa shape index (κ3) is 3.30. The van der Waals surface area contributed by atoms with Crippen LogP contribution in [-0.2, 0) is 13.0 Å². The summed E-state index contributed by atoms with van der Waals surface area (Å²) >= 11 is 3.63. The average molecular weight is 353 g/mol. The van der Waals surface area contributed by atoms with E-state index in [-0.39, 0.29) is 6.04 Å². The molecule has 6 nitrogen and oxygen atoms in total. The van der Waals surface area contributed by atoms with Crippen molar-refractivity contribution in [2.45, 2.75) is 46.7 Å². The molecule has 0 amide bonds. The molecule has 2 aromatic heterocycles. The molecule has 0 radical (unpaired) electrons. The second-order valence-electron chi connectivity index (χ2n) is 5.11. The maximum atomic E-state index is 5.78. The molecule has 2 rings (SSSR count). The lowest BCUT2D eigenvalue weighted by Crippen LogP contribution is -2.31. The van der Waals surface area contributed by atoms with Crippen LogP contribution < -0.4 is 11.3 Å². The van der Waals surface area contributed by atoms with Crippen molar-refractivity contribution in [2.75, 3.05) is 0 Å². The molecule has 0 aliphatic carbocycles. The molecule has 3 N–H and O–H groups in total. The van der Waals surface area contributed by atoms with Crippen LogP contribution in [0.1, 0.15) is 41.3 Å². The van der Waals surface area contributed by atoms with Gasteiger partial charge in [0.2, 0.25) is 0 Å². The van der Waals surface area contributed by atoms with E-state index in [9.17, 15) is 0 Å². The highest BCUT2D eigenvalue weighted by Gasteiger charge is 2.20. The Balaban J connectivity index is 2.38. The van der Waals surface area contributed by atoms with Crippen LogP contribution in [0.3, 0.4) is 0 Å². The van der Waals surface area contributed by atoms with Gasteiger partial charge < -0.3 is 0 Å². The van der Waals surface area contributed by atoms with Gasteiger partial charge in [0.1, 0.15) is 0 Å². The molecule has 1 atom stereocenters. The Hall–Kier alpha value is -1.31. The SMILES string of the molecule is CCn1nc(C)c(Br)c1CC(NN)c1cc(C)nnc1C. The third-order valence-electron chi connectivity index (χ3n) is 3.57. The van der Waals surface area contributed by atoms with E-state index in [4.69, 9.17) is 5.84 Å². The van der Waals surface area contributed by atoms with E-state index in [0.717, 1.165) is 45.8 Å². The first kappa shape index (κ1) is 16.1. The smallest absolute Gasteiger partial charge is 0.0738 e. The summed E-state index contributed by atoms with van der Waals surface area (Å²) in [7, 11) is 0. The van der Waals surface area contributed by atoms with Crippen molar-refractivity contribution in [3.05, 3.63) is 38.9 Å². The molecular formula is C14H21BrN6. The van der Waals surface area contributed by atoms with Crippen LogP contribution in [0.4, 0.5) is 0 Å². The van der Waals surface area contributed by atoms with Crippen LogP contribution in [0.25, 0.3) is 0 Å². The minimum atomic E-state index is -0.0306. The first-order valence-corrected chi connectivity index (χ1v) is 7.75. The molecule has 0 saturated carbocycles. The van der Waals surface area contributed by atoms with Crippen LogP contribution in [-0.4, -0.2) is 20.0 Å². The quantitative estimate of drug-likeness (QED) is 0.636. The molecule has 0 saturated heterocycles. The van der Waals surface area contributed by atoms with Crippen LogP contribution in [0.15, 0.2) is 10.5 Å². The van der Waals surface area contributed by atoms with E-state index in [1.54, 1.807) is 0 Å².